The minimum Gasteiger partial charge on any atom is -0.469 e. The molecule has 3 N–H and O–H groups in total. The molecule has 1 aliphatic carbocycles. The normalized spacial score (nSPS) is 28.1. The number of methoxy groups -OCH3 is 1. The SMILES string of the molecule is CCCCC[C@](C)(O)/C=C/C1[C@H](O)C[C@H](O)[C@@H]1C/C=C\CCCC(=O)OC. The third kappa shape index (κ3) is 9.04. The van der Waals surface area contributed by atoms with E-state index in [1.807, 2.05) is 18.2 Å². The minimum absolute atomic E-state index is 0.0560. The van der Waals surface area contributed by atoms with E-state index in [1.54, 1.807) is 13.0 Å². The fourth-order valence-corrected chi connectivity index (χ4v) is 3.68. The largest absolute Gasteiger partial charge is 0.469 e. The van der Waals surface area contributed by atoms with Gasteiger partial charge in [0.05, 0.1) is 24.9 Å². The first kappa shape index (κ1) is 23.9. The van der Waals surface area contributed by atoms with Gasteiger partial charge >= 0.3 is 5.97 Å². The number of aliphatic hydroxyl groups is 3. The van der Waals surface area contributed by atoms with Gasteiger partial charge in [-0.05, 0) is 38.5 Å². The van der Waals surface area contributed by atoms with Gasteiger partial charge in [0.2, 0.25) is 0 Å². The monoisotopic (exact) mass is 382 g/mol. The average molecular weight is 383 g/mol. The third-order valence-electron chi connectivity index (χ3n) is 5.43. The van der Waals surface area contributed by atoms with Crippen LogP contribution in [0.3, 0.4) is 0 Å². The van der Waals surface area contributed by atoms with Crippen LogP contribution < -0.4 is 0 Å². The van der Waals surface area contributed by atoms with E-state index in [9.17, 15) is 20.1 Å². The molecule has 1 unspecified atom stereocenters. The van der Waals surface area contributed by atoms with Gasteiger partial charge in [-0.25, -0.2) is 0 Å². The van der Waals surface area contributed by atoms with Gasteiger partial charge in [0.1, 0.15) is 0 Å². The summed E-state index contributed by atoms with van der Waals surface area (Å²) in [6.07, 6.45) is 13.4. The molecular formula is C22H38O5. The van der Waals surface area contributed by atoms with E-state index in [0.717, 1.165) is 32.1 Å². The molecule has 0 saturated heterocycles. The van der Waals surface area contributed by atoms with Crippen molar-refractivity contribution in [2.75, 3.05) is 7.11 Å². The molecule has 0 spiro atoms. The summed E-state index contributed by atoms with van der Waals surface area (Å²) in [6, 6.07) is 0. The number of unbranched alkanes of at least 4 members (excludes halogenated alkanes) is 3. The highest BCUT2D eigenvalue weighted by atomic mass is 16.5. The summed E-state index contributed by atoms with van der Waals surface area (Å²) in [5.41, 5.74) is -0.878. The van der Waals surface area contributed by atoms with Crippen molar-refractivity contribution in [1.82, 2.24) is 0 Å². The summed E-state index contributed by atoms with van der Waals surface area (Å²) in [5, 5.41) is 31.1. The van der Waals surface area contributed by atoms with Crippen LogP contribution in [0.25, 0.3) is 0 Å². The van der Waals surface area contributed by atoms with Crippen molar-refractivity contribution in [3.05, 3.63) is 24.3 Å². The molecule has 1 aliphatic rings. The Balaban J connectivity index is 2.54. The molecule has 1 saturated carbocycles. The predicted molar refractivity (Wildman–Crippen MR) is 107 cm³/mol. The molecule has 5 heteroatoms. The zero-order valence-electron chi connectivity index (χ0n) is 17.1. The number of esters is 1. The Morgan fingerprint density at radius 1 is 1.19 bits per heavy atom. The second-order valence-corrected chi connectivity index (χ2v) is 7.96. The maximum atomic E-state index is 11.1. The number of rotatable bonds is 12. The van der Waals surface area contributed by atoms with E-state index in [4.69, 9.17) is 0 Å². The van der Waals surface area contributed by atoms with Gasteiger partial charge in [0.15, 0.2) is 0 Å². The number of hydrogen-bond donors (Lipinski definition) is 3. The molecule has 0 bridgehead atoms. The van der Waals surface area contributed by atoms with Crippen molar-refractivity contribution in [3.63, 3.8) is 0 Å². The van der Waals surface area contributed by atoms with Gasteiger partial charge < -0.3 is 20.1 Å². The van der Waals surface area contributed by atoms with Crippen LogP contribution in [0.2, 0.25) is 0 Å². The number of allylic oxidation sites excluding steroid dienone is 2. The Morgan fingerprint density at radius 3 is 2.59 bits per heavy atom. The number of carbonyl (C=O) groups excluding carboxylic acids is 1. The molecule has 1 rings (SSSR count). The van der Waals surface area contributed by atoms with E-state index < -0.39 is 17.8 Å². The highest BCUT2D eigenvalue weighted by Gasteiger charge is 2.39. The molecule has 0 radical (unpaired) electrons. The number of hydrogen-bond acceptors (Lipinski definition) is 5. The van der Waals surface area contributed by atoms with Crippen LogP contribution in [0, 0.1) is 11.8 Å². The summed E-state index contributed by atoms with van der Waals surface area (Å²) in [5.74, 6) is -0.411. The van der Waals surface area contributed by atoms with Gasteiger partial charge in [0, 0.05) is 18.8 Å². The highest BCUT2D eigenvalue weighted by molar-refractivity contribution is 5.69. The summed E-state index contributed by atoms with van der Waals surface area (Å²) >= 11 is 0. The molecule has 0 heterocycles. The summed E-state index contributed by atoms with van der Waals surface area (Å²) in [6.45, 7) is 3.93. The lowest BCUT2D eigenvalue weighted by Gasteiger charge is -2.23. The molecule has 0 aliphatic heterocycles. The molecular weight excluding hydrogens is 344 g/mol. The van der Waals surface area contributed by atoms with Gasteiger partial charge in [-0.1, -0.05) is 50.5 Å². The second kappa shape index (κ2) is 12.3. The van der Waals surface area contributed by atoms with Crippen LogP contribution in [0.15, 0.2) is 24.3 Å². The van der Waals surface area contributed by atoms with Gasteiger partial charge in [-0.2, -0.15) is 0 Å². The average Bonchev–Trinajstić information content (AvgIpc) is 2.89. The summed E-state index contributed by atoms with van der Waals surface area (Å²) < 4.78 is 4.61. The molecule has 0 aromatic carbocycles. The summed E-state index contributed by atoms with van der Waals surface area (Å²) in [4.78, 5) is 11.1. The second-order valence-electron chi connectivity index (χ2n) is 7.96. The van der Waals surface area contributed by atoms with Crippen LogP contribution in [-0.4, -0.2) is 46.2 Å². The van der Waals surface area contributed by atoms with E-state index >= 15 is 0 Å². The number of ether oxygens (including phenoxy) is 1. The predicted octanol–water partition coefficient (Wildman–Crippen LogP) is 3.52. The van der Waals surface area contributed by atoms with Crippen LogP contribution in [0.4, 0.5) is 0 Å². The first-order valence-electron chi connectivity index (χ1n) is 10.3. The lowest BCUT2D eigenvalue weighted by molar-refractivity contribution is -0.140. The zero-order valence-corrected chi connectivity index (χ0v) is 17.1. The lowest BCUT2D eigenvalue weighted by atomic mass is 9.88. The topological polar surface area (TPSA) is 87.0 Å². The van der Waals surface area contributed by atoms with E-state index in [0.29, 0.717) is 25.7 Å². The number of aliphatic hydroxyl groups excluding tert-OH is 2. The van der Waals surface area contributed by atoms with Crippen molar-refractivity contribution >= 4 is 5.97 Å². The van der Waals surface area contributed by atoms with Crippen molar-refractivity contribution in [1.29, 1.82) is 0 Å². The molecule has 156 valence electrons. The fourth-order valence-electron chi connectivity index (χ4n) is 3.68. The maximum absolute atomic E-state index is 11.1. The van der Waals surface area contributed by atoms with Gasteiger partial charge in [0.25, 0.3) is 0 Å². The van der Waals surface area contributed by atoms with Crippen molar-refractivity contribution in [3.8, 4) is 0 Å². The molecule has 5 nitrogen and oxygen atoms in total. The van der Waals surface area contributed by atoms with Crippen LogP contribution >= 0.6 is 0 Å². The first-order chi connectivity index (χ1) is 12.8. The van der Waals surface area contributed by atoms with Crippen LogP contribution in [0.5, 0.6) is 0 Å². The van der Waals surface area contributed by atoms with Crippen LogP contribution in [0.1, 0.15) is 71.6 Å². The van der Waals surface area contributed by atoms with Gasteiger partial charge in [-0.15, -0.1) is 0 Å². The Morgan fingerprint density at radius 2 is 1.93 bits per heavy atom. The molecule has 0 aromatic rings. The molecule has 5 atom stereocenters. The Bertz CT molecular complexity index is 483. The Labute approximate surface area is 164 Å². The standard InChI is InChI=1S/C22H38O5/c1-4-5-10-14-22(2,26)15-13-18-17(19(23)16-20(18)24)11-8-6-7-9-12-21(25)27-3/h6,8,13,15,17-20,23-24,26H,4-5,7,9-12,14,16H2,1-3H3/b8-6-,15-13+/t17-,18?,19+,20-,22+/m1/s1. The molecule has 0 amide bonds. The van der Waals surface area contributed by atoms with Gasteiger partial charge in [-0.3, -0.25) is 4.79 Å². The number of carbonyl (C=O) groups is 1. The molecule has 27 heavy (non-hydrogen) atoms. The summed E-state index contributed by atoms with van der Waals surface area (Å²) in [7, 11) is 1.39. The van der Waals surface area contributed by atoms with E-state index in [-0.39, 0.29) is 17.8 Å². The van der Waals surface area contributed by atoms with E-state index in [2.05, 4.69) is 11.7 Å². The Kier molecular flexibility index (Phi) is 10.9. The fraction of sp³-hybridized carbons (Fsp3) is 0.773. The lowest BCUT2D eigenvalue weighted by Crippen LogP contribution is -2.24. The third-order valence-corrected chi connectivity index (χ3v) is 5.43. The molecule has 1 fully saturated rings. The maximum Gasteiger partial charge on any atom is 0.305 e. The van der Waals surface area contributed by atoms with Crippen molar-refractivity contribution < 1.29 is 24.9 Å². The van der Waals surface area contributed by atoms with Crippen molar-refractivity contribution in [2.45, 2.75) is 89.4 Å². The van der Waals surface area contributed by atoms with Crippen LogP contribution in [-0.2, 0) is 9.53 Å². The highest BCUT2D eigenvalue weighted by Crippen LogP contribution is 2.37. The van der Waals surface area contributed by atoms with Crippen molar-refractivity contribution in [2.24, 2.45) is 11.8 Å². The molecule has 0 aromatic heterocycles. The minimum atomic E-state index is -0.878. The Hall–Kier alpha value is -1.17. The zero-order chi connectivity index (χ0) is 20.3. The first-order valence-corrected chi connectivity index (χ1v) is 10.3. The quantitative estimate of drug-likeness (QED) is 0.273. The smallest absolute Gasteiger partial charge is 0.305 e. The van der Waals surface area contributed by atoms with E-state index in [1.165, 1.54) is 7.11 Å².